The summed E-state index contributed by atoms with van der Waals surface area (Å²) in [5.41, 5.74) is 1.56. The molecule has 0 spiro atoms. The van der Waals surface area contributed by atoms with Crippen LogP contribution in [-0.2, 0) is 4.74 Å². The average Bonchev–Trinajstić information content (AvgIpc) is 3.53. The van der Waals surface area contributed by atoms with Gasteiger partial charge in [-0.3, -0.25) is 4.79 Å². The van der Waals surface area contributed by atoms with Crippen LogP contribution in [0.2, 0.25) is 0 Å². The van der Waals surface area contributed by atoms with Crippen molar-refractivity contribution in [2.45, 2.75) is 25.0 Å². The second kappa shape index (κ2) is 7.00. The summed E-state index contributed by atoms with van der Waals surface area (Å²) in [5.74, 6) is 0.797. The van der Waals surface area contributed by atoms with E-state index in [1.165, 1.54) is 13.2 Å². The van der Waals surface area contributed by atoms with Crippen LogP contribution in [0.4, 0.5) is 0 Å². The zero-order chi connectivity index (χ0) is 18.1. The average molecular weight is 353 g/mol. The Morgan fingerprint density at radius 2 is 1.92 bits per heavy atom. The lowest BCUT2D eigenvalue weighted by Crippen LogP contribution is -2.47. The lowest BCUT2D eigenvalue weighted by atomic mass is 10.0. The number of benzene rings is 2. The molecule has 4 rings (SSSR count). The Labute approximate surface area is 153 Å². The van der Waals surface area contributed by atoms with E-state index in [-0.39, 0.29) is 23.9 Å². The van der Waals surface area contributed by atoms with E-state index in [1.807, 2.05) is 35.2 Å². The van der Waals surface area contributed by atoms with Gasteiger partial charge in [-0.1, -0.05) is 30.3 Å². The highest BCUT2D eigenvalue weighted by Gasteiger charge is 2.40. The molecule has 0 bridgehead atoms. The Morgan fingerprint density at radius 1 is 1.15 bits per heavy atom. The fourth-order valence-corrected chi connectivity index (χ4v) is 3.54. The third-order valence-corrected chi connectivity index (χ3v) is 5.16. The van der Waals surface area contributed by atoms with E-state index in [1.54, 1.807) is 12.1 Å². The normalized spacial score (nSPS) is 22.9. The first-order chi connectivity index (χ1) is 12.7. The highest BCUT2D eigenvalue weighted by Crippen LogP contribution is 2.40. The highest BCUT2D eigenvalue weighted by molar-refractivity contribution is 5.95. The SMILES string of the molecule is COc1ccc(C(=O)N2C[C@@H](c3ccccc3)O[C@@H](C3CC3)C2)cc1O. The maximum absolute atomic E-state index is 13.0. The summed E-state index contributed by atoms with van der Waals surface area (Å²) in [7, 11) is 1.49. The minimum atomic E-state index is -0.119. The van der Waals surface area contributed by atoms with Crippen molar-refractivity contribution in [1.82, 2.24) is 4.90 Å². The predicted octanol–water partition coefficient (Wildman–Crippen LogP) is 3.39. The lowest BCUT2D eigenvalue weighted by molar-refractivity contribution is -0.0864. The minimum Gasteiger partial charge on any atom is -0.504 e. The van der Waals surface area contributed by atoms with Gasteiger partial charge in [0, 0.05) is 12.1 Å². The van der Waals surface area contributed by atoms with Gasteiger partial charge in [0.25, 0.3) is 5.91 Å². The van der Waals surface area contributed by atoms with Crippen molar-refractivity contribution in [3.63, 3.8) is 0 Å². The summed E-state index contributed by atoms with van der Waals surface area (Å²) < 4.78 is 11.4. The fourth-order valence-electron chi connectivity index (χ4n) is 3.54. The number of morpholine rings is 1. The van der Waals surface area contributed by atoms with Crippen molar-refractivity contribution in [3.05, 3.63) is 59.7 Å². The molecule has 1 amide bonds. The van der Waals surface area contributed by atoms with Gasteiger partial charge < -0.3 is 19.5 Å². The third-order valence-electron chi connectivity index (χ3n) is 5.16. The summed E-state index contributed by atoms with van der Waals surface area (Å²) in [5, 5.41) is 10.00. The van der Waals surface area contributed by atoms with Crippen LogP contribution in [0.1, 0.15) is 34.9 Å². The van der Waals surface area contributed by atoms with Gasteiger partial charge in [-0.25, -0.2) is 0 Å². The molecule has 0 radical (unpaired) electrons. The Kier molecular flexibility index (Phi) is 4.55. The Bertz CT molecular complexity index is 788. The van der Waals surface area contributed by atoms with E-state index < -0.39 is 0 Å². The van der Waals surface area contributed by atoms with Crippen molar-refractivity contribution in [2.75, 3.05) is 20.2 Å². The smallest absolute Gasteiger partial charge is 0.254 e. The molecule has 1 aliphatic carbocycles. The standard InChI is InChI=1S/C21H23NO4/c1-25-18-10-9-16(11-17(18)23)21(24)22-12-19(14-5-3-2-4-6-14)26-20(13-22)15-7-8-15/h2-6,9-11,15,19-20,23H,7-8,12-13H2,1H3/t19-,20+/m0/s1. The van der Waals surface area contributed by atoms with Crippen LogP contribution in [0.3, 0.4) is 0 Å². The number of phenols is 1. The largest absolute Gasteiger partial charge is 0.504 e. The maximum atomic E-state index is 13.0. The van der Waals surface area contributed by atoms with Crippen LogP contribution in [-0.4, -0.2) is 42.2 Å². The number of hydrogen-bond donors (Lipinski definition) is 1. The van der Waals surface area contributed by atoms with Gasteiger partial charge in [-0.05, 0) is 42.5 Å². The summed E-state index contributed by atoms with van der Waals surface area (Å²) in [6, 6.07) is 14.8. The van der Waals surface area contributed by atoms with Gasteiger partial charge in [-0.15, -0.1) is 0 Å². The molecule has 1 saturated carbocycles. The molecule has 5 heteroatoms. The monoisotopic (exact) mass is 353 g/mol. The molecule has 2 aromatic rings. The van der Waals surface area contributed by atoms with Gasteiger partial charge in [0.15, 0.2) is 11.5 Å². The van der Waals surface area contributed by atoms with E-state index in [9.17, 15) is 9.90 Å². The van der Waals surface area contributed by atoms with Crippen molar-refractivity contribution in [3.8, 4) is 11.5 Å². The van der Waals surface area contributed by atoms with E-state index in [0.29, 0.717) is 30.3 Å². The molecule has 0 aromatic heterocycles. The first-order valence-corrected chi connectivity index (χ1v) is 9.02. The van der Waals surface area contributed by atoms with E-state index >= 15 is 0 Å². The molecule has 136 valence electrons. The topological polar surface area (TPSA) is 59.0 Å². The molecule has 2 atom stereocenters. The zero-order valence-corrected chi connectivity index (χ0v) is 14.8. The molecule has 2 fully saturated rings. The van der Waals surface area contributed by atoms with Gasteiger partial charge in [0.2, 0.25) is 0 Å². The number of nitrogens with zero attached hydrogens (tertiary/aromatic N) is 1. The van der Waals surface area contributed by atoms with Crippen LogP contribution in [0, 0.1) is 5.92 Å². The van der Waals surface area contributed by atoms with Gasteiger partial charge in [-0.2, -0.15) is 0 Å². The van der Waals surface area contributed by atoms with Crippen LogP contribution < -0.4 is 4.74 Å². The molecular weight excluding hydrogens is 330 g/mol. The van der Waals surface area contributed by atoms with Crippen molar-refractivity contribution in [1.29, 1.82) is 0 Å². The first-order valence-electron chi connectivity index (χ1n) is 9.02. The minimum absolute atomic E-state index is 0.0232. The number of phenolic OH excluding ortho intramolecular Hbond substituents is 1. The number of hydrogen-bond acceptors (Lipinski definition) is 4. The van der Waals surface area contributed by atoms with Gasteiger partial charge >= 0.3 is 0 Å². The van der Waals surface area contributed by atoms with Crippen molar-refractivity contribution in [2.24, 2.45) is 5.92 Å². The number of methoxy groups -OCH3 is 1. The highest BCUT2D eigenvalue weighted by atomic mass is 16.5. The molecule has 26 heavy (non-hydrogen) atoms. The molecule has 1 saturated heterocycles. The number of carbonyl (C=O) groups is 1. The van der Waals surface area contributed by atoms with Crippen molar-refractivity contribution >= 4 is 5.91 Å². The quantitative estimate of drug-likeness (QED) is 0.915. The molecule has 1 aliphatic heterocycles. The second-order valence-electron chi connectivity index (χ2n) is 7.01. The Balaban J connectivity index is 1.57. The summed E-state index contributed by atoms with van der Waals surface area (Å²) >= 11 is 0. The summed E-state index contributed by atoms with van der Waals surface area (Å²) in [6.07, 6.45) is 2.28. The molecule has 1 N–H and O–H groups in total. The maximum Gasteiger partial charge on any atom is 0.254 e. The third kappa shape index (κ3) is 3.40. The van der Waals surface area contributed by atoms with Crippen molar-refractivity contribution < 1.29 is 19.4 Å². The van der Waals surface area contributed by atoms with Crippen LogP contribution in [0.15, 0.2) is 48.5 Å². The number of carbonyl (C=O) groups excluding carboxylic acids is 1. The Hall–Kier alpha value is -2.53. The molecule has 2 aromatic carbocycles. The van der Waals surface area contributed by atoms with Gasteiger partial charge in [0.1, 0.15) is 6.10 Å². The van der Waals surface area contributed by atoms with Crippen LogP contribution in [0.25, 0.3) is 0 Å². The zero-order valence-electron chi connectivity index (χ0n) is 14.8. The number of rotatable bonds is 4. The molecule has 0 unspecified atom stereocenters. The van der Waals surface area contributed by atoms with Gasteiger partial charge in [0.05, 0.1) is 19.8 Å². The molecular formula is C21H23NO4. The Morgan fingerprint density at radius 3 is 2.58 bits per heavy atom. The van der Waals surface area contributed by atoms with Crippen LogP contribution >= 0.6 is 0 Å². The second-order valence-corrected chi connectivity index (χ2v) is 7.01. The molecule has 1 heterocycles. The van der Waals surface area contributed by atoms with E-state index in [2.05, 4.69) is 0 Å². The van der Waals surface area contributed by atoms with E-state index in [0.717, 1.165) is 18.4 Å². The summed E-state index contributed by atoms with van der Waals surface area (Å²) in [6.45, 7) is 1.11. The number of amides is 1. The number of aromatic hydroxyl groups is 1. The first kappa shape index (κ1) is 16.9. The lowest BCUT2D eigenvalue weighted by Gasteiger charge is -2.38. The summed E-state index contributed by atoms with van der Waals surface area (Å²) in [4.78, 5) is 14.9. The molecule has 2 aliphatic rings. The molecule has 5 nitrogen and oxygen atoms in total. The van der Waals surface area contributed by atoms with Crippen LogP contribution in [0.5, 0.6) is 11.5 Å². The number of ether oxygens (including phenoxy) is 2. The van der Waals surface area contributed by atoms with E-state index in [4.69, 9.17) is 9.47 Å². The predicted molar refractivity (Wildman–Crippen MR) is 97.3 cm³/mol. The fraction of sp³-hybridized carbons (Fsp3) is 0.381.